The molecular weight excluding hydrogens is 364 g/mol. The zero-order valence-corrected chi connectivity index (χ0v) is 16.4. The Morgan fingerprint density at radius 2 is 1.63 bits per heavy atom. The van der Waals surface area contributed by atoms with Crippen LogP contribution in [0.1, 0.15) is 5.56 Å². The second-order valence-corrected chi connectivity index (χ2v) is 6.67. The second-order valence-electron chi connectivity index (χ2n) is 5.66. The van der Waals surface area contributed by atoms with Gasteiger partial charge in [0, 0.05) is 7.05 Å². The quantitative estimate of drug-likeness (QED) is 0.731. The molecule has 0 bridgehead atoms. The lowest BCUT2D eigenvalue weighted by molar-refractivity contribution is -0.121. The normalized spacial score (nSPS) is 16.9. The number of carbonyl (C=O) groups excluding carboxylic acids is 1. The first kappa shape index (κ1) is 18.8. The van der Waals surface area contributed by atoms with E-state index in [1.54, 1.807) is 51.5 Å². The monoisotopic (exact) mass is 384 g/mol. The maximum atomic E-state index is 12.6. The third kappa shape index (κ3) is 3.93. The molecule has 3 rings (SSSR count). The summed E-state index contributed by atoms with van der Waals surface area (Å²) in [5.74, 6) is 1.47. The van der Waals surface area contributed by atoms with Crippen LogP contribution in [0.2, 0.25) is 0 Å². The molecule has 1 saturated heterocycles. The van der Waals surface area contributed by atoms with Crippen molar-refractivity contribution in [2.75, 3.05) is 28.4 Å². The molecule has 6 nitrogen and oxygen atoms in total. The molecule has 1 aliphatic heterocycles. The lowest BCUT2D eigenvalue weighted by atomic mass is 10.1. The number of amidine groups is 1. The van der Waals surface area contributed by atoms with Crippen LogP contribution in [-0.4, -0.2) is 44.4 Å². The van der Waals surface area contributed by atoms with Crippen molar-refractivity contribution >= 4 is 34.6 Å². The van der Waals surface area contributed by atoms with Crippen LogP contribution in [0.5, 0.6) is 17.2 Å². The number of para-hydroxylation sites is 1. The van der Waals surface area contributed by atoms with E-state index in [0.717, 1.165) is 11.3 Å². The molecule has 2 aromatic rings. The van der Waals surface area contributed by atoms with Crippen LogP contribution in [0, 0.1) is 0 Å². The molecule has 27 heavy (non-hydrogen) atoms. The highest BCUT2D eigenvalue weighted by Crippen LogP contribution is 2.40. The van der Waals surface area contributed by atoms with Gasteiger partial charge in [0.15, 0.2) is 16.7 Å². The summed E-state index contributed by atoms with van der Waals surface area (Å²) >= 11 is 1.33. The topological polar surface area (TPSA) is 60.4 Å². The van der Waals surface area contributed by atoms with Crippen LogP contribution in [0.3, 0.4) is 0 Å². The van der Waals surface area contributed by atoms with Crippen molar-refractivity contribution < 1.29 is 19.0 Å². The predicted molar refractivity (Wildman–Crippen MR) is 108 cm³/mol. The predicted octanol–water partition coefficient (Wildman–Crippen LogP) is 3.95. The fraction of sp³-hybridized carbons (Fsp3) is 0.200. The molecule has 0 aliphatic carbocycles. The van der Waals surface area contributed by atoms with Gasteiger partial charge in [0.25, 0.3) is 5.91 Å². The minimum Gasteiger partial charge on any atom is -0.493 e. The molecule has 7 heteroatoms. The maximum Gasteiger partial charge on any atom is 0.266 e. The standard InChI is InChI=1S/C20H20N2O4S/c1-22-19(23)17(27-20(22)21-14-8-6-5-7-9-14)12-13-10-15(24-2)18(26-4)16(11-13)25-3/h5-12H,1-4H3/b17-12+,21-20?. The lowest BCUT2D eigenvalue weighted by Crippen LogP contribution is -2.23. The van der Waals surface area contributed by atoms with E-state index < -0.39 is 0 Å². The summed E-state index contributed by atoms with van der Waals surface area (Å²) in [6.45, 7) is 0. The van der Waals surface area contributed by atoms with Gasteiger partial charge in [-0.25, -0.2) is 4.99 Å². The third-order valence-electron chi connectivity index (χ3n) is 3.97. The zero-order chi connectivity index (χ0) is 19.4. The summed E-state index contributed by atoms with van der Waals surface area (Å²) < 4.78 is 16.1. The van der Waals surface area contributed by atoms with Crippen LogP contribution in [0.15, 0.2) is 52.4 Å². The number of benzene rings is 2. The summed E-state index contributed by atoms with van der Waals surface area (Å²) in [5, 5.41) is 0.630. The average Bonchev–Trinajstić information content (AvgIpc) is 2.95. The number of aliphatic imine (C=N–C) groups is 1. The highest BCUT2D eigenvalue weighted by Gasteiger charge is 2.30. The molecule has 1 amide bonds. The Bertz CT molecular complexity index is 884. The molecule has 0 saturated carbocycles. The van der Waals surface area contributed by atoms with Crippen molar-refractivity contribution in [2.45, 2.75) is 0 Å². The Labute approximate surface area is 162 Å². The highest BCUT2D eigenvalue weighted by molar-refractivity contribution is 8.18. The Morgan fingerprint density at radius 3 is 2.19 bits per heavy atom. The summed E-state index contributed by atoms with van der Waals surface area (Å²) in [6, 6.07) is 13.1. The summed E-state index contributed by atoms with van der Waals surface area (Å²) in [6.07, 6.45) is 1.79. The van der Waals surface area contributed by atoms with E-state index >= 15 is 0 Å². The molecule has 0 unspecified atom stereocenters. The van der Waals surface area contributed by atoms with E-state index in [2.05, 4.69) is 4.99 Å². The van der Waals surface area contributed by atoms with Crippen molar-refractivity contribution in [1.82, 2.24) is 4.90 Å². The van der Waals surface area contributed by atoms with Gasteiger partial charge in [-0.3, -0.25) is 9.69 Å². The number of nitrogens with zero attached hydrogens (tertiary/aromatic N) is 2. The fourth-order valence-electron chi connectivity index (χ4n) is 2.60. The van der Waals surface area contributed by atoms with Gasteiger partial charge < -0.3 is 14.2 Å². The Kier molecular flexibility index (Phi) is 5.71. The molecule has 0 N–H and O–H groups in total. The van der Waals surface area contributed by atoms with Crippen molar-refractivity contribution in [3.8, 4) is 17.2 Å². The number of rotatable bonds is 5. The second kappa shape index (κ2) is 8.18. The number of likely N-dealkylation sites (N-methyl/N-ethyl adjacent to an activating group) is 1. The van der Waals surface area contributed by atoms with Crippen LogP contribution in [-0.2, 0) is 4.79 Å². The molecule has 1 heterocycles. The SMILES string of the molecule is COc1cc(/C=C2/SC(=Nc3ccccc3)N(C)C2=O)cc(OC)c1OC. The molecule has 140 valence electrons. The summed E-state index contributed by atoms with van der Waals surface area (Å²) in [7, 11) is 6.38. The molecule has 1 fully saturated rings. The van der Waals surface area contributed by atoms with Crippen molar-refractivity contribution in [1.29, 1.82) is 0 Å². The minimum atomic E-state index is -0.108. The van der Waals surface area contributed by atoms with E-state index in [-0.39, 0.29) is 5.91 Å². The fourth-order valence-corrected chi connectivity index (χ4v) is 3.59. The van der Waals surface area contributed by atoms with E-state index in [1.165, 1.54) is 11.8 Å². The van der Waals surface area contributed by atoms with Gasteiger partial charge in [0.05, 0.1) is 31.9 Å². The average molecular weight is 384 g/mol. The van der Waals surface area contributed by atoms with E-state index in [9.17, 15) is 4.79 Å². The number of hydrogen-bond donors (Lipinski definition) is 0. The largest absolute Gasteiger partial charge is 0.493 e. The number of hydrogen-bond acceptors (Lipinski definition) is 6. The number of amides is 1. The molecular formula is C20H20N2O4S. The number of thioether (sulfide) groups is 1. The molecule has 0 atom stereocenters. The third-order valence-corrected chi connectivity index (χ3v) is 5.03. The van der Waals surface area contributed by atoms with Crippen LogP contribution in [0.25, 0.3) is 6.08 Å². The van der Waals surface area contributed by atoms with Crippen molar-refractivity contribution in [3.63, 3.8) is 0 Å². The first-order valence-electron chi connectivity index (χ1n) is 8.18. The molecule has 1 aliphatic rings. The van der Waals surface area contributed by atoms with Gasteiger partial charge in [0.1, 0.15) is 0 Å². The summed E-state index contributed by atoms with van der Waals surface area (Å²) in [4.78, 5) is 19.3. The number of carbonyl (C=O) groups is 1. The lowest BCUT2D eigenvalue weighted by Gasteiger charge is -2.13. The van der Waals surface area contributed by atoms with Crippen LogP contribution >= 0.6 is 11.8 Å². The van der Waals surface area contributed by atoms with Gasteiger partial charge in [-0.1, -0.05) is 18.2 Å². The Morgan fingerprint density at radius 1 is 1.00 bits per heavy atom. The Balaban J connectivity index is 1.96. The zero-order valence-electron chi connectivity index (χ0n) is 15.6. The minimum absolute atomic E-state index is 0.108. The van der Waals surface area contributed by atoms with Gasteiger partial charge >= 0.3 is 0 Å². The molecule has 0 radical (unpaired) electrons. The van der Waals surface area contributed by atoms with Crippen molar-refractivity contribution in [2.24, 2.45) is 4.99 Å². The molecule has 2 aromatic carbocycles. The maximum absolute atomic E-state index is 12.6. The van der Waals surface area contributed by atoms with E-state index in [0.29, 0.717) is 27.3 Å². The van der Waals surface area contributed by atoms with Gasteiger partial charge in [-0.15, -0.1) is 0 Å². The first-order chi connectivity index (χ1) is 13.1. The first-order valence-corrected chi connectivity index (χ1v) is 9.00. The van der Waals surface area contributed by atoms with Gasteiger partial charge in [0.2, 0.25) is 5.75 Å². The van der Waals surface area contributed by atoms with E-state index in [1.807, 2.05) is 30.3 Å². The van der Waals surface area contributed by atoms with Crippen molar-refractivity contribution in [3.05, 3.63) is 52.9 Å². The smallest absolute Gasteiger partial charge is 0.266 e. The molecule has 0 spiro atoms. The number of ether oxygens (including phenoxy) is 3. The number of methoxy groups -OCH3 is 3. The van der Waals surface area contributed by atoms with Gasteiger partial charge in [-0.2, -0.15) is 0 Å². The van der Waals surface area contributed by atoms with Crippen LogP contribution < -0.4 is 14.2 Å². The van der Waals surface area contributed by atoms with Gasteiger partial charge in [-0.05, 0) is 47.7 Å². The summed E-state index contributed by atoms with van der Waals surface area (Å²) in [5.41, 5.74) is 1.57. The van der Waals surface area contributed by atoms with Crippen LogP contribution in [0.4, 0.5) is 5.69 Å². The van der Waals surface area contributed by atoms with E-state index in [4.69, 9.17) is 14.2 Å². The Hall–Kier alpha value is -2.93. The highest BCUT2D eigenvalue weighted by atomic mass is 32.2. The molecule has 0 aromatic heterocycles.